The fraction of sp³-hybridized carbons (Fsp3) is 0.250. The fourth-order valence-corrected chi connectivity index (χ4v) is 1.58. The highest BCUT2D eigenvalue weighted by Gasteiger charge is 2.05. The van der Waals surface area contributed by atoms with E-state index < -0.39 is 5.82 Å². The summed E-state index contributed by atoms with van der Waals surface area (Å²) in [6.07, 6.45) is 1.65. The van der Waals surface area contributed by atoms with Crippen LogP contribution in [0.2, 0.25) is 0 Å². The molecule has 1 aromatic heterocycles. The second-order valence-corrected chi connectivity index (χ2v) is 3.69. The molecule has 0 saturated carbocycles. The third-order valence-corrected chi connectivity index (χ3v) is 2.58. The van der Waals surface area contributed by atoms with Crippen LogP contribution >= 0.6 is 0 Å². The van der Waals surface area contributed by atoms with Gasteiger partial charge in [0, 0.05) is 12.2 Å². The number of halogens is 1. The van der Waals surface area contributed by atoms with Crippen molar-refractivity contribution in [3.63, 3.8) is 0 Å². The molecule has 0 amide bonds. The van der Waals surface area contributed by atoms with E-state index in [1.807, 2.05) is 11.5 Å². The van der Waals surface area contributed by atoms with Crippen molar-refractivity contribution in [3.05, 3.63) is 41.7 Å². The van der Waals surface area contributed by atoms with Crippen molar-refractivity contribution in [2.24, 2.45) is 0 Å². The number of hydrogen-bond acceptors (Lipinski definition) is 4. The topological polar surface area (TPSA) is 66.5 Å². The summed E-state index contributed by atoms with van der Waals surface area (Å²) < 4.78 is 15.3. The third kappa shape index (κ3) is 2.46. The van der Waals surface area contributed by atoms with Gasteiger partial charge in [0.15, 0.2) is 5.82 Å². The summed E-state index contributed by atoms with van der Waals surface area (Å²) in [7, 11) is 0. The van der Waals surface area contributed by atoms with E-state index >= 15 is 0 Å². The first-order chi connectivity index (χ1) is 8.74. The zero-order valence-electron chi connectivity index (χ0n) is 9.89. The Morgan fingerprint density at radius 3 is 3.00 bits per heavy atom. The van der Waals surface area contributed by atoms with Crippen LogP contribution in [0.3, 0.4) is 0 Å². The van der Waals surface area contributed by atoms with Crippen LogP contribution in [-0.2, 0) is 13.1 Å². The molecule has 0 aliphatic carbocycles. The van der Waals surface area contributed by atoms with Gasteiger partial charge in [-0.05, 0) is 25.1 Å². The summed E-state index contributed by atoms with van der Waals surface area (Å²) in [5, 5.41) is 19.4. The first-order valence-electron chi connectivity index (χ1n) is 5.54. The number of anilines is 1. The molecular weight excluding hydrogens is 233 g/mol. The fourth-order valence-electron chi connectivity index (χ4n) is 1.58. The van der Waals surface area contributed by atoms with Gasteiger partial charge < -0.3 is 9.88 Å². The van der Waals surface area contributed by atoms with Crippen LogP contribution in [0, 0.1) is 17.1 Å². The number of benzene rings is 1. The van der Waals surface area contributed by atoms with Crippen molar-refractivity contribution in [1.82, 2.24) is 14.8 Å². The van der Waals surface area contributed by atoms with E-state index in [1.54, 1.807) is 18.5 Å². The van der Waals surface area contributed by atoms with Gasteiger partial charge in [-0.1, -0.05) is 0 Å². The summed E-state index contributed by atoms with van der Waals surface area (Å²) in [5.41, 5.74) is 0.648. The highest BCUT2D eigenvalue weighted by atomic mass is 19.1. The van der Waals surface area contributed by atoms with Gasteiger partial charge in [-0.15, -0.1) is 10.2 Å². The van der Waals surface area contributed by atoms with Crippen LogP contribution in [0.5, 0.6) is 0 Å². The molecule has 92 valence electrons. The second kappa shape index (κ2) is 5.27. The lowest BCUT2D eigenvalue weighted by molar-refractivity contribution is 0.624. The molecule has 0 aliphatic rings. The van der Waals surface area contributed by atoms with E-state index in [1.165, 1.54) is 12.1 Å². The maximum absolute atomic E-state index is 13.4. The lowest BCUT2D eigenvalue weighted by Crippen LogP contribution is -2.07. The summed E-state index contributed by atoms with van der Waals surface area (Å²) in [6.45, 7) is 3.24. The minimum atomic E-state index is -0.528. The largest absolute Gasteiger partial charge is 0.378 e. The number of aromatic nitrogens is 3. The van der Waals surface area contributed by atoms with Crippen LogP contribution in [0.15, 0.2) is 24.5 Å². The van der Waals surface area contributed by atoms with Gasteiger partial charge in [0.1, 0.15) is 18.2 Å². The van der Waals surface area contributed by atoms with E-state index in [-0.39, 0.29) is 5.56 Å². The van der Waals surface area contributed by atoms with Gasteiger partial charge >= 0.3 is 0 Å². The average Bonchev–Trinajstić information content (AvgIpc) is 2.84. The van der Waals surface area contributed by atoms with Crippen molar-refractivity contribution in [2.45, 2.75) is 20.0 Å². The molecule has 2 rings (SSSR count). The molecule has 0 radical (unpaired) electrons. The first-order valence-corrected chi connectivity index (χ1v) is 5.54. The minimum absolute atomic E-state index is 0.0391. The van der Waals surface area contributed by atoms with Crippen molar-refractivity contribution in [1.29, 1.82) is 5.26 Å². The first kappa shape index (κ1) is 12.0. The molecule has 0 aliphatic heterocycles. The number of nitrogens with zero attached hydrogens (tertiary/aromatic N) is 4. The Morgan fingerprint density at radius 2 is 2.33 bits per heavy atom. The van der Waals surface area contributed by atoms with Crippen molar-refractivity contribution in [2.75, 3.05) is 5.32 Å². The van der Waals surface area contributed by atoms with Gasteiger partial charge in [0.2, 0.25) is 0 Å². The van der Waals surface area contributed by atoms with Crippen molar-refractivity contribution < 1.29 is 4.39 Å². The summed E-state index contributed by atoms with van der Waals surface area (Å²) in [6, 6.07) is 6.19. The molecule has 0 saturated heterocycles. The lowest BCUT2D eigenvalue weighted by atomic mass is 10.2. The molecule has 0 spiro atoms. The van der Waals surface area contributed by atoms with Crippen LogP contribution < -0.4 is 5.32 Å². The second-order valence-electron chi connectivity index (χ2n) is 3.69. The van der Waals surface area contributed by atoms with Gasteiger partial charge in [0.25, 0.3) is 0 Å². The Kier molecular flexibility index (Phi) is 3.53. The molecule has 0 atom stereocenters. The maximum Gasteiger partial charge on any atom is 0.152 e. The zero-order valence-corrected chi connectivity index (χ0v) is 9.89. The predicted molar refractivity (Wildman–Crippen MR) is 64.1 cm³/mol. The SMILES string of the molecule is CCn1cnnc1CNc1ccc(C#N)c(F)c1. The Hall–Kier alpha value is -2.42. The standard InChI is InChI=1S/C12H12FN5/c1-2-18-8-16-17-12(18)7-15-10-4-3-9(6-14)11(13)5-10/h3-5,8,15H,2,7H2,1H3. The number of nitrogens with one attached hydrogen (secondary N) is 1. The summed E-state index contributed by atoms with van der Waals surface area (Å²) >= 11 is 0. The van der Waals surface area contributed by atoms with E-state index in [0.29, 0.717) is 12.2 Å². The Bertz CT molecular complexity index is 584. The molecule has 18 heavy (non-hydrogen) atoms. The molecule has 1 heterocycles. The molecule has 0 unspecified atom stereocenters. The predicted octanol–water partition coefficient (Wildman–Crippen LogP) is 1.92. The summed E-state index contributed by atoms with van der Waals surface area (Å²) in [4.78, 5) is 0. The average molecular weight is 245 g/mol. The molecule has 6 heteroatoms. The molecule has 1 N–H and O–H groups in total. The van der Waals surface area contributed by atoms with Crippen molar-refractivity contribution >= 4 is 5.69 Å². The zero-order chi connectivity index (χ0) is 13.0. The number of rotatable bonds is 4. The summed E-state index contributed by atoms with van der Waals surface area (Å²) in [5.74, 6) is 0.252. The van der Waals surface area contributed by atoms with Crippen molar-refractivity contribution in [3.8, 4) is 6.07 Å². The normalized spacial score (nSPS) is 10.1. The van der Waals surface area contributed by atoms with Crippen LogP contribution in [-0.4, -0.2) is 14.8 Å². The van der Waals surface area contributed by atoms with E-state index in [9.17, 15) is 4.39 Å². The number of aryl methyl sites for hydroxylation is 1. The van der Waals surface area contributed by atoms with E-state index in [2.05, 4.69) is 15.5 Å². The van der Waals surface area contributed by atoms with Gasteiger partial charge in [-0.3, -0.25) is 0 Å². The molecular formula is C12H12FN5. The van der Waals surface area contributed by atoms with Gasteiger partial charge in [-0.2, -0.15) is 5.26 Å². The Morgan fingerprint density at radius 1 is 1.50 bits per heavy atom. The molecule has 0 bridgehead atoms. The number of hydrogen-bond donors (Lipinski definition) is 1. The van der Waals surface area contributed by atoms with Gasteiger partial charge in [-0.25, -0.2) is 4.39 Å². The smallest absolute Gasteiger partial charge is 0.152 e. The minimum Gasteiger partial charge on any atom is -0.378 e. The molecule has 1 aromatic carbocycles. The molecule has 2 aromatic rings. The quantitative estimate of drug-likeness (QED) is 0.893. The lowest BCUT2D eigenvalue weighted by Gasteiger charge is -2.07. The van der Waals surface area contributed by atoms with E-state index in [0.717, 1.165) is 12.4 Å². The van der Waals surface area contributed by atoms with Gasteiger partial charge in [0.05, 0.1) is 12.1 Å². The molecule has 5 nitrogen and oxygen atoms in total. The van der Waals surface area contributed by atoms with E-state index in [4.69, 9.17) is 5.26 Å². The third-order valence-electron chi connectivity index (χ3n) is 2.58. The number of nitriles is 1. The highest BCUT2D eigenvalue weighted by Crippen LogP contribution is 2.14. The Labute approximate surface area is 104 Å². The van der Waals surface area contributed by atoms with Crippen LogP contribution in [0.25, 0.3) is 0 Å². The maximum atomic E-state index is 13.4. The van der Waals surface area contributed by atoms with Crippen LogP contribution in [0.4, 0.5) is 10.1 Å². The Balaban J connectivity index is 2.07. The molecule has 0 fully saturated rings. The van der Waals surface area contributed by atoms with Crippen LogP contribution in [0.1, 0.15) is 18.3 Å². The monoisotopic (exact) mass is 245 g/mol. The highest BCUT2D eigenvalue weighted by molar-refractivity contribution is 5.48.